The Kier molecular flexibility index (Phi) is 5.38. The molecule has 0 aliphatic rings. The lowest BCUT2D eigenvalue weighted by molar-refractivity contribution is 0.285. The van der Waals surface area contributed by atoms with Gasteiger partial charge in [0.1, 0.15) is 6.61 Å². The van der Waals surface area contributed by atoms with Crippen molar-refractivity contribution in [2.75, 3.05) is 31.2 Å². The van der Waals surface area contributed by atoms with Gasteiger partial charge in [-0.25, -0.2) is 4.39 Å². The largest absolute Gasteiger partial charge is 0.489 e. The molecule has 106 valence electrons. The third-order valence-electron chi connectivity index (χ3n) is 2.95. The summed E-state index contributed by atoms with van der Waals surface area (Å²) in [7, 11) is 0. The van der Waals surface area contributed by atoms with Crippen LogP contribution in [0.15, 0.2) is 54.6 Å². The van der Waals surface area contributed by atoms with Crippen molar-refractivity contribution in [3.8, 4) is 5.75 Å². The Bertz CT molecular complexity index is 519. The number of anilines is 1. The van der Waals surface area contributed by atoms with Crippen LogP contribution in [0.25, 0.3) is 0 Å². The molecule has 0 aromatic heterocycles. The molecule has 0 saturated carbocycles. The van der Waals surface area contributed by atoms with E-state index in [1.165, 1.54) is 6.07 Å². The molecule has 2 aromatic rings. The van der Waals surface area contributed by atoms with Crippen molar-refractivity contribution in [3.05, 3.63) is 60.4 Å². The van der Waals surface area contributed by atoms with Crippen molar-refractivity contribution >= 4 is 5.69 Å². The van der Waals surface area contributed by atoms with E-state index in [0.29, 0.717) is 19.7 Å². The predicted molar refractivity (Wildman–Crippen MR) is 77.6 cm³/mol. The minimum absolute atomic E-state index is 0.0641. The maximum Gasteiger partial charge on any atom is 0.165 e. The zero-order valence-corrected chi connectivity index (χ0v) is 11.2. The number of nitrogens with zero attached hydrogens (tertiary/aromatic N) is 1. The van der Waals surface area contributed by atoms with Gasteiger partial charge < -0.3 is 14.7 Å². The van der Waals surface area contributed by atoms with Crippen molar-refractivity contribution in [3.63, 3.8) is 0 Å². The summed E-state index contributed by atoms with van der Waals surface area (Å²) in [4.78, 5) is 2.00. The molecule has 0 heterocycles. The molecule has 3 nitrogen and oxygen atoms in total. The fourth-order valence-electron chi connectivity index (χ4n) is 1.96. The van der Waals surface area contributed by atoms with E-state index >= 15 is 0 Å². The molecule has 2 rings (SSSR count). The summed E-state index contributed by atoms with van der Waals surface area (Å²) in [5.41, 5.74) is 1.01. The van der Waals surface area contributed by atoms with E-state index in [0.717, 1.165) is 5.69 Å². The molecule has 0 bridgehead atoms. The average molecular weight is 275 g/mol. The molecule has 4 heteroatoms. The summed E-state index contributed by atoms with van der Waals surface area (Å²) in [6, 6.07) is 16.1. The molecule has 0 amide bonds. The Morgan fingerprint density at radius 3 is 2.35 bits per heavy atom. The van der Waals surface area contributed by atoms with Crippen LogP contribution in [0.4, 0.5) is 10.1 Å². The fourth-order valence-corrected chi connectivity index (χ4v) is 1.96. The summed E-state index contributed by atoms with van der Waals surface area (Å²) >= 11 is 0. The Hall–Kier alpha value is -2.07. The highest BCUT2D eigenvalue weighted by Gasteiger charge is 2.07. The highest BCUT2D eigenvalue weighted by atomic mass is 19.1. The normalized spacial score (nSPS) is 10.3. The van der Waals surface area contributed by atoms with Crippen molar-refractivity contribution in [1.29, 1.82) is 0 Å². The van der Waals surface area contributed by atoms with Crippen LogP contribution in [0.2, 0.25) is 0 Å². The number of hydrogen-bond donors (Lipinski definition) is 1. The summed E-state index contributed by atoms with van der Waals surface area (Å²) in [6.07, 6.45) is 0. The molecule has 0 radical (unpaired) electrons. The SMILES string of the molecule is OCCN(CCOc1ccccc1F)c1ccccc1. The maximum atomic E-state index is 13.4. The second kappa shape index (κ2) is 7.50. The minimum atomic E-state index is -0.360. The molecule has 0 unspecified atom stereocenters. The monoisotopic (exact) mass is 275 g/mol. The first-order chi connectivity index (χ1) is 9.81. The smallest absolute Gasteiger partial charge is 0.165 e. The predicted octanol–water partition coefficient (Wildman–Crippen LogP) is 2.70. The summed E-state index contributed by atoms with van der Waals surface area (Å²) in [5.74, 6) is -0.106. The lowest BCUT2D eigenvalue weighted by Crippen LogP contribution is -2.31. The van der Waals surface area contributed by atoms with E-state index in [4.69, 9.17) is 9.84 Å². The first kappa shape index (κ1) is 14.3. The topological polar surface area (TPSA) is 32.7 Å². The molecule has 0 saturated heterocycles. The van der Waals surface area contributed by atoms with Gasteiger partial charge in [0, 0.05) is 12.2 Å². The van der Waals surface area contributed by atoms with Crippen LogP contribution in [0.1, 0.15) is 0 Å². The van der Waals surface area contributed by atoms with Crippen LogP contribution in [0.3, 0.4) is 0 Å². The van der Waals surface area contributed by atoms with Gasteiger partial charge in [0.05, 0.1) is 13.2 Å². The molecule has 0 spiro atoms. The number of aliphatic hydroxyl groups excluding tert-OH is 1. The Labute approximate surface area is 118 Å². The fraction of sp³-hybridized carbons (Fsp3) is 0.250. The van der Waals surface area contributed by atoms with Crippen molar-refractivity contribution in [1.82, 2.24) is 0 Å². The Morgan fingerprint density at radius 1 is 0.950 bits per heavy atom. The zero-order valence-electron chi connectivity index (χ0n) is 11.2. The molecule has 0 fully saturated rings. The number of hydrogen-bond acceptors (Lipinski definition) is 3. The number of para-hydroxylation sites is 2. The quantitative estimate of drug-likeness (QED) is 0.843. The molecule has 20 heavy (non-hydrogen) atoms. The summed E-state index contributed by atoms with van der Waals surface area (Å²) in [5, 5.41) is 9.12. The number of halogens is 1. The van der Waals surface area contributed by atoms with Crippen molar-refractivity contribution in [2.45, 2.75) is 0 Å². The van der Waals surface area contributed by atoms with E-state index in [9.17, 15) is 4.39 Å². The van der Waals surface area contributed by atoms with E-state index in [-0.39, 0.29) is 18.2 Å². The van der Waals surface area contributed by atoms with Crippen LogP contribution < -0.4 is 9.64 Å². The number of ether oxygens (including phenoxy) is 1. The highest BCUT2D eigenvalue weighted by molar-refractivity contribution is 5.45. The zero-order chi connectivity index (χ0) is 14.2. The number of rotatable bonds is 7. The van der Waals surface area contributed by atoms with Crippen LogP contribution >= 0.6 is 0 Å². The van der Waals surface area contributed by atoms with E-state index in [2.05, 4.69) is 0 Å². The number of benzene rings is 2. The lowest BCUT2D eigenvalue weighted by Gasteiger charge is -2.24. The van der Waals surface area contributed by atoms with Gasteiger partial charge >= 0.3 is 0 Å². The first-order valence-corrected chi connectivity index (χ1v) is 6.59. The van der Waals surface area contributed by atoms with Crippen LogP contribution in [0.5, 0.6) is 5.75 Å². The van der Waals surface area contributed by atoms with Gasteiger partial charge in [-0.15, -0.1) is 0 Å². The van der Waals surface area contributed by atoms with E-state index in [1.54, 1.807) is 18.2 Å². The first-order valence-electron chi connectivity index (χ1n) is 6.59. The highest BCUT2D eigenvalue weighted by Crippen LogP contribution is 2.16. The molecular weight excluding hydrogens is 257 g/mol. The van der Waals surface area contributed by atoms with Gasteiger partial charge in [-0.3, -0.25) is 0 Å². The van der Waals surface area contributed by atoms with Crippen LogP contribution in [0, 0.1) is 5.82 Å². The van der Waals surface area contributed by atoms with Gasteiger partial charge in [-0.1, -0.05) is 30.3 Å². The van der Waals surface area contributed by atoms with Gasteiger partial charge in [0.15, 0.2) is 11.6 Å². The van der Waals surface area contributed by atoms with E-state index < -0.39 is 0 Å². The van der Waals surface area contributed by atoms with E-state index in [1.807, 2.05) is 35.2 Å². The van der Waals surface area contributed by atoms with Gasteiger partial charge in [-0.05, 0) is 24.3 Å². The third kappa shape index (κ3) is 3.96. The minimum Gasteiger partial charge on any atom is -0.489 e. The molecular formula is C16H18FNO2. The standard InChI is InChI=1S/C16H18FNO2/c17-15-8-4-5-9-16(15)20-13-11-18(10-12-19)14-6-2-1-3-7-14/h1-9,19H,10-13H2. The lowest BCUT2D eigenvalue weighted by atomic mass is 10.3. The van der Waals surface area contributed by atoms with Gasteiger partial charge in [0.25, 0.3) is 0 Å². The maximum absolute atomic E-state index is 13.4. The summed E-state index contributed by atoms with van der Waals surface area (Å²) in [6.45, 7) is 1.52. The van der Waals surface area contributed by atoms with Crippen LogP contribution in [-0.2, 0) is 0 Å². The average Bonchev–Trinajstić information content (AvgIpc) is 2.49. The molecule has 1 N–H and O–H groups in total. The molecule has 0 atom stereocenters. The third-order valence-corrected chi connectivity index (χ3v) is 2.95. The molecule has 2 aromatic carbocycles. The van der Waals surface area contributed by atoms with Gasteiger partial charge in [0.2, 0.25) is 0 Å². The molecule has 0 aliphatic heterocycles. The van der Waals surface area contributed by atoms with Gasteiger partial charge in [-0.2, -0.15) is 0 Å². The molecule has 0 aliphatic carbocycles. The summed E-state index contributed by atoms with van der Waals surface area (Å²) < 4.78 is 18.8. The Morgan fingerprint density at radius 2 is 1.65 bits per heavy atom. The number of aliphatic hydroxyl groups is 1. The van der Waals surface area contributed by atoms with Crippen molar-refractivity contribution in [2.24, 2.45) is 0 Å². The van der Waals surface area contributed by atoms with Crippen LogP contribution in [-0.4, -0.2) is 31.4 Å². The second-order valence-electron chi connectivity index (χ2n) is 4.33. The van der Waals surface area contributed by atoms with Crippen molar-refractivity contribution < 1.29 is 14.2 Å². The Balaban J connectivity index is 1.92. The second-order valence-corrected chi connectivity index (χ2v) is 4.33.